The van der Waals surface area contributed by atoms with E-state index in [1.54, 1.807) is 17.6 Å². The zero-order valence-corrected chi connectivity index (χ0v) is 22.6. The number of alkyl halides is 3. The lowest BCUT2D eigenvalue weighted by Crippen LogP contribution is -2.39. The first-order chi connectivity index (χ1) is 18.7. The Balaban J connectivity index is 1.86. The van der Waals surface area contributed by atoms with Crippen LogP contribution < -0.4 is 26.6 Å². The second-order valence-corrected chi connectivity index (χ2v) is 11.1. The van der Waals surface area contributed by atoms with E-state index in [9.17, 15) is 27.6 Å². The third kappa shape index (κ3) is 8.60. The molecule has 0 spiro atoms. The molecule has 1 atom stereocenters. The first kappa shape index (κ1) is 30.7. The number of amides is 4. The molecule has 2 aromatic carbocycles. The zero-order chi connectivity index (χ0) is 29.7. The Labute approximate surface area is 230 Å². The van der Waals surface area contributed by atoms with Gasteiger partial charge in [-0.05, 0) is 84.4 Å². The molecule has 1 aliphatic carbocycles. The highest BCUT2D eigenvalue weighted by molar-refractivity contribution is 5.96. The van der Waals surface area contributed by atoms with Crippen molar-refractivity contribution < 1.29 is 37.5 Å². The van der Waals surface area contributed by atoms with Gasteiger partial charge in [0.1, 0.15) is 5.75 Å². The highest BCUT2D eigenvalue weighted by Crippen LogP contribution is 2.43. The maximum Gasteiger partial charge on any atom is 0.573 e. The van der Waals surface area contributed by atoms with E-state index in [-0.39, 0.29) is 29.0 Å². The molecule has 218 valence electrons. The second-order valence-electron chi connectivity index (χ2n) is 11.1. The zero-order valence-electron chi connectivity index (χ0n) is 22.6. The van der Waals surface area contributed by atoms with Gasteiger partial charge in [0.05, 0.1) is 12.5 Å². The Hall–Kier alpha value is -3.80. The Morgan fingerprint density at radius 2 is 1.65 bits per heavy atom. The van der Waals surface area contributed by atoms with Crippen molar-refractivity contribution in [3.63, 3.8) is 0 Å². The number of halogens is 3. The third-order valence-corrected chi connectivity index (χ3v) is 7.33. The second kappa shape index (κ2) is 12.6. The highest BCUT2D eigenvalue weighted by Gasteiger charge is 2.35. The summed E-state index contributed by atoms with van der Waals surface area (Å²) in [7, 11) is 0. The van der Waals surface area contributed by atoms with Gasteiger partial charge < -0.3 is 21.1 Å². The van der Waals surface area contributed by atoms with Gasteiger partial charge in [0, 0.05) is 11.3 Å². The van der Waals surface area contributed by atoms with Gasteiger partial charge >= 0.3 is 12.4 Å². The number of benzene rings is 2. The Bertz CT molecular complexity index is 1200. The lowest BCUT2D eigenvalue weighted by molar-refractivity contribution is -0.274. The standard InChI is InChI=1S/C28H35F3N4O5/c1-27(2,3)19-7-4-16(5-8-19)24(17-6-13-22(25(32)37)18(14-17)15-23(36)35-39)34-26(38)33-20-9-11-21(12-10-20)40-28(29,30)31/h6,9-14,16,19,24,39H,4-5,7-8,15H2,1-3H3,(H2,32,37)(H,35,36)(H2,33,34,38). The number of hydrogen-bond acceptors (Lipinski definition) is 5. The Kier molecular flexibility index (Phi) is 9.67. The average Bonchev–Trinajstić information content (AvgIpc) is 2.87. The van der Waals surface area contributed by atoms with Gasteiger partial charge in [-0.3, -0.25) is 14.8 Å². The van der Waals surface area contributed by atoms with Crippen LogP contribution in [0.4, 0.5) is 23.7 Å². The number of rotatable bonds is 8. The van der Waals surface area contributed by atoms with Crippen molar-refractivity contribution >= 4 is 23.5 Å². The largest absolute Gasteiger partial charge is 0.573 e. The number of urea groups is 1. The van der Waals surface area contributed by atoms with Crippen LogP contribution in [0.5, 0.6) is 5.75 Å². The molecule has 4 amide bonds. The van der Waals surface area contributed by atoms with E-state index in [1.165, 1.54) is 18.2 Å². The molecular weight excluding hydrogens is 529 g/mol. The van der Waals surface area contributed by atoms with Crippen LogP contribution in [0.2, 0.25) is 0 Å². The highest BCUT2D eigenvalue weighted by atomic mass is 19.4. The van der Waals surface area contributed by atoms with Gasteiger partial charge in [-0.15, -0.1) is 13.2 Å². The molecule has 0 heterocycles. The summed E-state index contributed by atoms with van der Waals surface area (Å²) in [4.78, 5) is 36.9. The minimum absolute atomic E-state index is 0.0332. The molecule has 0 bridgehead atoms. The Morgan fingerprint density at radius 1 is 1.02 bits per heavy atom. The van der Waals surface area contributed by atoms with Gasteiger partial charge in [-0.1, -0.05) is 32.9 Å². The van der Waals surface area contributed by atoms with Crippen molar-refractivity contribution in [2.75, 3.05) is 5.32 Å². The number of nitrogens with one attached hydrogen (secondary N) is 3. The number of carbonyl (C=O) groups excluding carboxylic acids is 3. The summed E-state index contributed by atoms with van der Waals surface area (Å²) < 4.78 is 41.2. The summed E-state index contributed by atoms with van der Waals surface area (Å²) in [5.41, 5.74) is 8.49. The molecule has 12 heteroatoms. The lowest BCUT2D eigenvalue weighted by Gasteiger charge is -2.40. The molecule has 40 heavy (non-hydrogen) atoms. The van der Waals surface area contributed by atoms with Crippen molar-refractivity contribution in [2.45, 2.75) is 65.3 Å². The number of hydroxylamine groups is 1. The SMILES string of the molecule is CC(C)(C)C1CCC(C(NC(=O)Nc2ccc(OC(F)(F)F)cc2)c2ccc(C(N)=O)c(CC(=O)NO)c2)CC1. The van der Waals surface area contributed by atoms with E-state index in [1.807, 2.05) is 0 Å². The number of nitrogens with two attached hydrogens (primary N) is 1. The predicted octanol–water partition coefficient (Wildman–Crippen LogP) is 5.45. The summed E-state index contributed by atoms with van der Waals surface area (Å²) in [6.07, 6.45) is -1.58. The van der Waals surface area contributed by atoms with Crippen LogP contribution in [0, 0.1) is 17.3 Å². The lowest BCUT2D eigenvalue weighted by atomic mass is 9.68. The summed E-state index contributed by atoms with van der Waals surface area (Å²) in [6.45, 7) is 6.60. The van der Waals surface area contributed by atoms with E-state index in [2.05, 4.69) is 36.1 Å². The molecule has 1 unspecified atom stereocenters. The minimum Gasteiger partial charge on any atom is -0.406 e. The molecule has 2 aromatic rings. The minimum atomic E-state index is -4.83. The summed E-state index contributed by atoms with van der Waals surface area (Å²) in [5.74, 6) is -1.34. The van der Waals surface area contributed by atoms with E-state index in [4.69, 9.17) is 10.9 Å². The maximum atomic E-state index is 13.1. The van der Waals surface area contributed by atoms with Crippen molar-refractivity contribution in [1.29, 1.82) is 0 Å². The van der Waals surface area contributed by atoms with Crippen LogP contribution in [0.25, 0.3) is 0 Å². The number of ether oxygens (including phenoxy) is 1. The van der Waals surface area contributed by atoms with E-state index >= 15 is 0 Å². The number of anilines is 1. The van der Waals surface area contributed by atoms with Gasteiger partial charge in [-0.2, -0.15) is 0 Å². The predicted molar refractivity (Wildman–Crippen MR) is 142 cm³/mol. The van der Waals surface area contributed by atoms with Crippen LogP contribution in [-0.2, 0) is 11.2 Å². The quantitative estimate of drug-likeness (QED) is 0.214. The molecule has 1 fully saturated rings. The van der Waals surface area contributed by atoms with Crippen molar-refractivity contribution in [3.8, 4) is 5.75 Å². The monoisotopic (exact) mass is 564 g/mol. The molecule has 1 saturated carbocycles. The maximum absolute atomic E-state index is 13.1. The fourth-order valence-electron chi connectivity index (χ4n) is 5.25. The topological polar surface area (TPSA) is 143 Å². The number of primary amides is 1. The fraction of sp³-hybridized carbons (Fsp3) is 0.464. The van der Waals surface area contributed by atoms with Gasteiger partial charge in [0.15, 0.2) is 0 Å². The molecule has 0 radical (unpaired) electrons. The van der Waals surface area contributed by atoms with Crippen LogP contribution in [0.15, 0.2) is 42.5 Å². The molecule has 3 rings (SSSR count). The fourth-order valence-corrected chi connectivity index (χ4v) is 5.25. The molecular formula is C28H35F3N4O5. The molecule has 0 aromatic heterocycles. The molecule has 9 nitrogen and oxygen atoms in total. The Morgan fingerprint density at radius 3 is 2.17 bits per heavy atom. The average molecular weight is 565 g/mol. The van der Waals surface area contributed by atoms with Gasteiger partial charge in [-0.25, -0.2) is 10.3 Å². The number of hydrogen-bond donors (Lipinski definition) is 5. The van der Waals surface area contributed by atoms with Crippen LogP contribution in [0.3, 0.4) is 0 Å². The van der Waals surface area contributed by atoms with Crippen molar-refractivity contribution in [3.05, 3.63) is 59.2 Å². The molecule has 6 N–H and O–H groups in total. The summed E-state index contributed by atoms with van der Waals surface area (Å²) in [6, 6.07) is 8.46. The molecule has 1 aliphatic rings. The van der Waals surface area contributed by atoms with Crippen LogP contribution in [0.1, 0.15) is 74.0 Å². The molecule has 0 saturated heterocycles. The van der Waals surface area contributed by atoms with Crippen molar-refractivity contribution in [2.24, 2.45) is 23.0 Å². The van der Waals surface area contributed by atoms with Gasteiger partial charge in [0.25, 0.3) is 0 Å². The smallest absolute Gasteiger partial charge is 0.406 e. The van der Waals surface area contributed by atoms with E-state index in [0.29, 0.717) is 17.0 Å². The summed E-state index contributed by atoms with van der Waals surface area (Å²) in [5, 5.41) is 14.6. The first-order valence-corrected chi connectivity index (χ1v) is 12.9. The third-order valence-electron chi connectivity index (χ3n) is 7.33. The number of carbonyl (C=O) groups is 3. The normalized spacial score (nSPS) is 18.4. The van der Waals surface area contributed by atoms with E-state index < -0.39 is 36.0 Å². The first-order valence-electron chi connectivity index (χ1n) is 12.9. The summed E-state index contributed by atoms with van der Waals surface area (Å²) >= 11 is 0. The van der Waals surface area contributed by atoms with Crippen LogP contribution in [-0.4, -0.2) is 29.4 Å². The van der Waals surface area contributed by atoms with Crippen molar-refractivity contribution in [1.82, 2.24) is 10.8 Å². The van der Waals surface area contributed by atoms with E-state index in [0.717, 1.165) is 37.8 Å². The van der Waals surface area contributed by atoms with Gasteiger partial charge in [0.2, 0.25) is 11.8 Å². The van der Waals surface area contributed by atoms with Crippen LogP contribution >= 0.6 is 0 Å². The molecule has 0 aliphatic heterocycles.